The van der Waals surface area contributed by atoms with Crippen LogP contribution in [0.4, 0.5) is 4.39 Å². The molecule has 0 aliphatic rings. The van der Waals surface area contributed by atoms with E-state index in [9.17, 15) is 4.39 Å². The molecule has 0 atom stereocenters. The first-order chi connectivity index (χ1) is 8.77. The van der Waals surface area contributed by atoms with E-state index in [1.807, 2.05) is 42.5 Å². The summed E-state index contributed by atoms with van der Waals surface area (Å²) < 4.78 is 14.0. The Bertz CT molecular complexity index is 694. The summed E-state index contributed by atoms with van der Waals surface area (Å²) in [5.74, 6) is -0.293. The maximum atomic E-state index is 14.0. The number of hydrogen-bond donors (Lipinski definition) is 0. The summed E-state index contributed by atoms with van der Waals surface area (Å²) in [6.07, 6.45) is 0. The van der Waals surface area contributed by atoms with Crippen LogP contribution in [-0.2, 0) is 0 Å². The van der Waals surface area contributed by atoms with Gasteiger partial charge in [0.15, 0.2) is 0 Å². The zero-order chi connectivity index (χ0) is 12.5. The zero-order valence-electron chi connectivity index (χ0n) is 9.53. The topological polar surface area (TPSA) is 0 Å². The lowest BCUT2D eigenvalue weighted by Gasteiger charge is -2.09. The average molecular weight is 257 g/mol. The van der Waals surface area contributed by atoms with E-state index in [-0.39, 0.29) is 5.82 Å². The number of hydrogen-bond acceptors (Lipinski definition) is 0. The first kappa shape index (κ1) is 11.2. The van der Waals surface area contributed by atoms with E-state index in [1.165, 1.54) is 6.07 Å². The maximum Gasteiger partial charge on any atom is 0.132 e. The molecule has 0 aliphatic carbocycles. The van der Waals surface area contributed by atoms with E-state index in [2.05, 4.69) is 0 Å². The van der Waals surface area contributed by atoms with E-state index < -0.39 is 0 Å². The van der Waals surface area contributed by atoms with E-state index >= 15 is 0 Å². The Morgan fingerprint density at radius 2 is 1.50 bits per heavy atom. The van der Waals surface area contributed by atoms with Gasteiger partial charge in [-0.2, -0.15) is 0 Å². The molecular formula is C16H10ClF. The Balaban J connectivity index is 2.39. The Morgan fingerprint density at radius 3 is 2.33 bits per heavy atom. The van der Waals surface area contributed by atoms with Crippen LogP contribution in [0.5, 0.6) is 0 Å². The second-order valence-electron chi connectivity index (χ2n) is 4.12. The van der Waals surface area contributed by atoms with Crippen LogP contribution in [0.15, 0.2) is 60.7 Å². The van der Waals surface area contributed by atoms with Crippen LogP contribution >= 0.6 is 11.6 Å². The molecule has 0 saturated carbocycles. The van der Waals surface area contributed by atoms with Crippen LogP contribution in [0, 0.1) is 5.82 Å². The highest BCUT2D eigenvalue weighted by Crippen LogP contribution is 2.35. The predicted octanol–water partition coefficient (Wildman–Crippen LogP) is 5.30. The molecule has 3 aromatic rings. The Morgan fingerprint density at radius 1 is 0.778 bits per heavy atom. The third-order valence-electron chi connectivity index (χ3n) is 3.02. The third kappa shape index (κ3) is 1.77. The smallest absolute Gasteiger partial charge is 0.132 e. The van der Waals surface area contributed by atoms with Crippen molar-refractivity contribution >= 4 is 22.4 Å². The molecule has 0 saturated heterocycles. The molecule has 0 radical (unpaired) electrons. The van der Waals surface area contributed by atoms with Gasteiger partial charge in [-0.3, -0.25) is 0 Å². The highest BCUT2D eigenvalue weighted by Gasteiger charge is 2.11. The number of benzene rings is 3. The van der Waals surface area contributed by atoms with Gasteiger partial charge in [-0.1, -0.05) is 60.1 Å². The molecule has 0 nitrogen and oxygen atoms in total. The second kappa shape index (κ2) is 4.43. The maximum absolute atomic E-state index is 14.0. The lowest BCUT2D eigenvalue weighted by atomic mass is 9.98. The van der Waals surface area contributed by atoms with Gasteiger partial charge >= 0.3 is 0 Å². The first-order valence-electron chi connectivity index (χ1n) is 5.69. The number of rotatable bonds is 1. The molecule has 0 bridgehead atoms. The lowest BCUT2D eigenvalue weighted by molar-refractivity contribution is 0.631. The van der Waals surface area contributed by atoms with Gasteiger partial charge in [0.1, 0.15) is 5.82 Å². The summed E-state index contributed by atoms with van der Waals surface area (Å²) in [6, 6.07) is 18.5. The summed E-state index contributed by atoms with van der Waals surface area (Å²) in [7, 11) is 0. The Hall–Kier alpha value is -1.86. The molecule has 0 N–H and O–H groups in total. The molecule has 18 heavy (non-hydrogen) atoms. The minimum absolute atomic E-state index is 0.293. The van der Waals surface area contributed by atoms with Crippen molar-refractivity contribution in [2.24, 2.45) is 0 Å². The SMILES string of the molecule is Fc1cccc(Cl)c1-c1cccc2ccccc12. The minimum Gasteiger partial charge on any atom is -0.206 e. The van der Waals surface area contributed by atoms with Gasteiger partial charge in [0.25, 0.3) is 0 Å². The van der Waals surface area contributed by atoms with Gasteiger partial charge < -0.3 is 0 Å². The largest absolute Gasteiger partial charge is 0.206 e. The van der Waals surface area contributed by atoms with E-state index in [0.29, 0.717) is 10.6 Å². The Labute approximate surface area is 110 Å². The quantitative estimate of drug-likeness (QED) is 0.554. The fourth-order valence-electron chi connectivity index (χ4n) is 2.20. The zero-order valence-corrected chi connectivity index (χ0v) is 10.3. The second-order valence-corrected chi connectivity index (χ2v) is 4.53. The highest BCUT2D eigenvalue weighted by molar-refractivity contribution is 6.33. The molecule has 2 heteroatoms. The summed E-state index contributed by atoms with van der Waals surface area (Å²) in [6.45, 7) is 0. The van der Waals surface area contributed by atoms with Gasteiger partial charge in [0.2, 0.25) is 0 Å². The van der Waals surface area contributed by atoms with Crippen molar-refractivity contribution < 1.29 is 4.39 Å². The molecule has 88 valence electrons. The van der Waals surface area contributed by atoms with Gasteiger partial charge in [-0.05, 0) is 28.5 Å². The van der Waals surface area contributed by atoms with Crippen LogP contribution < -0.4 is 0 Å². The molecular weight excluding hydrogens is 247 g/mol. The summed E-state index contributed by atoms with van der Waals surface area (Å²) in [5, 5.41) is 2.52. The molecule has 0 aromatic heterocycles. The van der Waals surface area contributed by atoms with E-state index in [1.54, 1.807) is 12.1 Å². The molecule has 0 spiro atoms. The van der Waals surface area contributed by atoms with Crippen molar-refractivity contribution in [2.75, 3.05) is 0 Å². The van der Waals surface area contributed by atoms with Gasteiger partial charge in [-0.15, -0.1) is 0 Å². The van der Waals surface area contributed by atoms with Crippen molar-refractivity contribution in [3.05, 3.63) is 71.5 Å². The number of halogens is 2. The molecule has 0 amide bonds. The van der Waals surface area contributed by atoms with Gasteiger partial charge in [-0.25, -0.2) is 4.39 Å². The number of fused-ring (bicyclic) bond motifs is 1. The van der Waals surface area contributed by atoms with Crippen molar-refractivity contribution in [2.45, 2.75) is 0 Å². The van der Waals surface area contributed by atoms with Gasteiger partial charge in [0, 0.05) is 5.56 Å². The Kier molecular flexibility index (Phi) is 2.77. The molecule has 0 heterocycles. The summed E-state index contributed by atoms with van der Waals surface area (Å²) in [5.41, 5.74) is 1.30. The minimum atomic E-state index is -0.293. The third-order valence-corrected chi connectivity index (χ3v) is 3.34. The predicted molar refractivity (Wildman–Crippen MR) is 74.4 cm³/mol. The molecule has 0 aliphatic heterocycles. The van der Waals surface area contributed by atoms with Crippen LogP contribution in [0.2, 0.25) is 5.02 Å². The van der Waals surface area contributed by atoms with Crippen LogP contribution in [0.3, 0.4) is 0 Å². The fraction of sp³-hybridized carbons (Fsp3) is 0. The van der Waals surface area contributed by atoms with Crippen molar-refractivity contribution in [1.82, 2.24) is 0 Å². The molecule has 3 aromatic carbocycles. The van der Waals surface area contributed by atoms with Crippen molar-refractivity contribution in [3.63, 3.8) is 0 Å². The molecule has 3 rings (SSSR count). The van der Waals surface area contributed by atoms with Crippen LogP contribution in [-0.4, -0.2) is 0 Å². The molecule has 0 fully saturated rings. The van der Waals surface area contributed by atoms with E-state index in [4.69, 9.17) is 11.6 Å². The van der Waals surface area contributed by atoms with Crippen LogP contribution in [0.1, 0.15) is 0 Å². The first-order valence-corrected chi connectivity index (χ1v) is 6.07. The van der Waals surface area contributed by atoms with Crippen LogP contribution in [0.25, 0.3) is 21.9 Å². The summed E-state index contributed by atoms with van der Waals surface area (Å²) in [4.78, 5) is 0. The van der Waals surface area contributed by atoms with Crippen molar-refractivity contribution in [3.8, 4) is 11.1 Å². The summed E-state index contributed by atoms with van der Waals surface area (Å²) >= 11 is 6.12. The van der Waals surface area contributed by atoms with E-state index in [0.717, 1.165) is 16.3 Å². The monoisotopic (exact) mass is 256 g/mol. The normalized spacial score (nSPS) is 10.8. The average Bonchev–Trinajstić information content (AvgIpc) is 2.39. The standard InChI is InChI=1S/C16H10ClF/c17-14-9-4-10-15(18)16(14)13-8-3-6-11-5-1-2-7-12(11)13/h1-10H. The fourth-order valence-corrected chi connectivity index (χ4v) is 2.46. The lowest BCUT2D eigenvalue weighted by Crippen LogP contribution is -1.87. The van der Waals surface area contributed by atoms with Crippen molar-refractivity contribution in [1.29, 1.82) is 0 Å². The highest BCUT2D eigenvalue weighted by atomic mass is 35.5. The van der Waals surface area contributed by atoms with Gasteiger partial charge in [0.05, 0.1) is 5.02 Å². The molecule has 0 unspecified atom stereocenters.